The average molecular weight is 1800 g/mol. The molecule has 32 heteroatoms. The van der Waals surface area contributed by atoms with E-state index in [-0.39, 0.29) is 122 Å². The fourth-order valence-electron chi connectivity index (χ4n) is 17.9. The number of Topliss-reactive ketones (excluding diaryl/α,β-unsaturated/α-hetero) is 4. The van der Waals surface area contributed by atoms with Gasteiger partial charge in [-0.2, -0.15) is 0 Å². The van der Waals surface area contributed by atoms with Crippen molar-refractivity contribution in [3.8, 4) is 0 Å². The Morgan fingerprint density at radius 3 is 1.11 bits per heavy atom. The Hall–Kier alpha value is -13.2. The molecule has 3 saturated heterocycles. The van der Waals surface area contributed by atoms with Gasteiger partial charge in [-0.1, -0.05) is 48.5 Å². The molecule has 0 aromatic carbocycles. The number of fused-ring (bicyclic) bond motifs is 4. The van der Waals surface area contributed by atoms with E-state index in [1.807, 2.05) is 29.2 Å². The molecule has 7 atom stereocenters. The molecule has 8 aromatic heterocycles. The van der Waals surface area contributed by atoms with Crippen molar-refractivity contribution in [2.45, 2.75) is 231 Å². The number of amides is 8. The Bertz CT molecular complexity index is 5270. The maximum atomic E-state index is 13.0. The first kappa shape index (κ1) is 97.9. The molecule has 0 saturated carbocycles. The molecular weight excluding hydrogens is 1670 g/mol. The zero-order valence-electron chi connectivity index (χ0n) is 76.4. The molecule has 0 spiro atoms. The molecule has 15 heterocycles. The molecule has 3 fully saturated rings. The standard InChI is InChI=1S/2C26H33N5O3.C25H31N5O3.C23H29N5O3/c1-18(32)13-23(21-7-2-10-27-16-21)30-24(33)15-25(34)31-12-4-5-19(17-31)14-22-9-8-20-6-3-11-28-26(20)29-22;1-18(32)15-23(20-6-2-12-27-17-20)30-24(33)16-25(34)31-14-4-7-22(31)11-10-21-9-8-19-5-3-13-28-26(19)29-21;1-17(31)12-22(20-5-2-9-26-15-20)29-23(32)14-24(33)30-11-8-18(16-30)13-21-7-6-19-4-3-10-27-25(19)28-21;1-16(29)13-20(18-6-2-10-24-15-18)28-22(31)14-21(30)25-11-4-7-19-9-8-17-5-3-12-26-23(17)27-19/h2,7-10,16,19,23H,3-6,11-15,17H2,1H3,(H,28,29)(H,30,33);2,6,8-9,12,17,22-23H,3-5,7,10-11,13-16H2,1H3,(H,28,29)(H,30,33);2,5-7,9,15,18,22H,3-4,8,10-14,16H2,1H3,(H,27,28)(H,29,32);2,6,8-10,15,20H,3-5,7,11-14H2,1H3,(H,25,30)(H,26,27)(H,28,31)/t19?,23-;22?,23-;18?,22-;20-/m0000/s1. The van der Waals surface area contributed by atoms with Crippen LogP contribution in [-0.2, 0) is 109 Å². The van der Waals surface area contributed by atoms with Gasteiger partial charge in [-0.3, -0.25) is 77.5 Å². The van der Waals surface area contributed by atoms with Crippen LogP contribution in [0.25, 0.3) is 0 Å². The van der Waals surface area contributed by atoms with E-state index in [9.17, 15) is 57.5 Å². The van der Waals surface area contributed by atoms with Crippen LogP contribution in [0.15, 0.2) is 147 Å². The largest absolute Gasteiger partial charge is 0.370 e. The number of aryl methyl sites for hydroxylation is 6. The topological polar surface area (TPSA) is 426 Å². The van der Waals surface area contributed by atoms with Gasteiger partial charge in [0.2, 0.25) is 47.3 Å². The van der Waals surface area contributed by atoms with E-state index in [1.165, 1.54) is 49.9 Å². The van der Waals surface area contributed by atoms with E-state index in [2.05, 4.69) is 115 Å². The van der Waals surface area contributed by atoms with Crippen LogP contribution in [-0.4, -0.2) is 196 Å². The van der Waals surface area contributed by atoms with Crippen molar-refractivity contribution in [1.29, 1.82) is 0 Å². The predicted molar refractivity (Wildman–Crippen MR) is 500 cm³/mol. The second-order valence-corrected chi connectivity index (χ2v) is 35.4. The quantitative estimate of drug-likeness (QED) is 0.0132. The number of carbonyl (C=O) groups excluding carboxylic acids is 12. The summed E-state index contributed by atoms with van der Waals surface area (Å²) >= 11 is 0. The van der Waals surface area contributed by atoms with Gasteiger partial charge in [-0.15, -0.1) is 0 Å². The van der Waals surface area contributed by atoms with Gasteiger partial charge in [0.25, 0.3) is 0 Å². The van der Waals surface area contributed by atoms with Crippen molar-refractivity contribution in [3.63, 3.8) is 0 Å². The highest BCUT2D eigenvalue weighted by Gasteiger charge is 2.34. The van der Waals surface area contributed by atoms with E-state index >= 15 is 0 Å². The van der Waals surface area contributed by atoms with Crippen molar-refractivity contribution in [1.82, 2.24) is 81.2 Å². The fourth-order valence-corrected chi connectivity index (χ4v) is 17.9. The van der Waals surface area contributed by atoms with Crippen molar-refractivity contribution < 1.29 is 57.5 Å². The highest BCUT2D eigenvalue weighted by Crippen LogP contribution is 2.31. The molecule has 7 aliphatic rings. The van der Waals surface area contributed by atoms with Crippen molar-refractivity contribution >= 4 is 93.7 Å². The van der Waals surface area contributed by atoms with E-state index in [1.54, 1.807) is 89.7 Å². The molecule has 698 valence electrons. The van der Waals surface area contributed by atoms with Gasteiger partial charge in [-0.05, 0) is 255 Å². The molecule has 132 heavy (non-hydrogen) atoms. The summed E-state index contributed by atoms with van der Waals surface area (Å²) in [6, 6.07) is 29.4. The average Bonchev–Trinajstić information content (AvgIpc) is 1.55. The minimum atomic E-state index is -0.491. The third-order valence-electron chi connectivity index (χ3n) is 24.6. The summed E-state index contributed by atoms with van der Waals surface area (Å²) in [4.78, 5) is 188. The minimum Gasteiger partial charge on any atom is -0.370 e. The summed E-state index contributed by atoms with van der Waals surface area (Å²) in [5, 5.41) is 27.5. The van der Waals surface area contributed by atoms with Crippen molar-refractivity contribution in [2.75, 3.05) is 86.7 Å². The lowest BCUT2D eigenvalue weighted by Gasteiger charge is -2.33. The monoisotopic (exact) mass is 1800 g/mol. The summed E-state index contributed by atoms with van der Waals surface area (Å²) in [6.07, 6.45) is 31.1. The molecule has 32 nitrogen and oxygen atoms in total. The Morgan fingerprint density at radius 2 is 0.720 bits per heavy atom. The zero-order valence-corrected chi connectivity index (χ0v) is 76.4. The molecule has 8 amide bonds. The lowest BCUT2D eigenvalue weighted by atomic mass is 9.92. The molecule has 9 N–H and O–H groups in total. The van der Waals surface area contributed by atoms with Crippen molar-refractivity contribution in [2.24, 2.45) is 11.8 Å². The summed E-state index contributed by atoms with van der Waals surface area (Å²) in [5.74, 6) is 2.08. The van der Waals surface area contributed by atoms with Gasteiger partial charge in [-0.25, -0.2) is 19.9 Å². The summed E-state index contributed by atoms with van der Waals surface area (Å²) in [7, 11) is 0. The van der Waals surface area contributed by atoms with Gasteiger partial charge >= 0.3 is 0 Å². The van der Waals surface area contributed by atoms with Crippen LogP contribution in [0.4, 0.5) is 23.3 Å². The Labute approximate surface area is 772 Å². The summed E-state index contributed by atoms with van der Waals surface area (Å²) in [6.45, 7) is 13.5. The van der Waals surface area contributed by atoms with Crippen LogP contribution >= 0.6 is 0 Å². The summed E-state index contributed by atoms with van der Waals surface area (Å²) in [5.41, 5.74) is 12.2. The molecule has 3 unspecified atom stereocenters. The Kier molecular flexibility index (Phi) is 37.3. The maximum absolute atomic E-state index is 13.0. The summed E-state index contributed by atoms with van der Waals surface area (Å²) < 4.78 is 0. The number of pyridine rings is 8. The van der Waals surface area contributed by atoms with Gasteiger partial charge in [0, 0.05) is 170 Å². The lowest BCUT2D eigenvalue weighted by Crippen LogP contribution is -2.43. The molecule has 15 rings (SSSR count). The molecule has 7 aliphatic heterocycles. The number of hydrogen-bond acceptors (Lipinski definition) is 24. The molecule has 0 aliphatic carbocycles. The van der Waals surface area contributed by atoms with E-state index in [0.717, 1.165) is 216 Å². The third-order valence-corrected chi connectivity index (χ3v) is 24.6. The molecule has 8 aromatic rings. The number of piperidine rings is 1. The minimum absolute atomic E-state index is 0.0360. The highest BCUT2D eigenvalue weighted by molar-refractivity contribution is 5.99. The normalized spacial score (nSPS) is 17.1. The second kappa shape index (κ2) is 50.3. The Morgan fingerprint density at radius 1 is 0.371 bits per heavy atom. The highest BCUT2D eigenvalue weighted by atomic mass is 16.2. The Balaban J connectivity index is 0.000000159. The first-order chi connectivity index (χ1) is 63.9. The van der Waals surface area contributed by atoms with E-state index < -0.39 is 30.1 Å². The SMILES string of the molecule is CC(=O)C[C@H](NC(=O)CC(=O)N1CCC(Cc2ccc3c(n2)NCCC3)C1)c1cccnc1.CC(=O)C[C@H](NC(=O)CC(=O)N1CCCC(Cc2ccc3c(n2)NCCC3)C1)c1cccnc1.CC(=O)C[C@H](NC(=O)CC(=O)N1CCCC1CCc1ccc2c(n1)NCCC2)c1cccnc1.CC(=O)C[C@H](NC(=O)CC(=O)NCCCc1ccc2c(n1)NCCC2)c1cccnc1. The van der Waals surface area contributed by atoms with Crippen LogP contribution in [0.2, 0.25) is 0 Å². The smallest absolute Gasteiger partial charge is 0.232 e. The van der Waals surface area contributed by atoms with Crippen LogP contribution in [0.3, 0.4) is 0 Å². The number of nitrogens with one attached hydrogen (secondary N) is 9. The number of likely N-dealkylation sites (tertiary alicyclic amines) is 3. The fraction of sp³-hybridized carbons (Fsp3) is 0.480. The van der Waals surface area contributed by atoms with Crippen molar-refractivity contribution in [3.05, 3.63) is 214 Å². The van der Waals surface area contributed by atoms with Crippen LogP contribution in [0.1, 0.15) is 241 Å². The van der Waals surface area contributed by atoms with Crippen LogP contribution in [0, 0.1) is 11.8 Å². The molecular formula is C100H126N20O12. The second-order valence-electron chi connectivity index (χ2n) is 35.4. The van der Waals surface area contributed by atoms with Gasteiger partial charge < -0.3 is 62.6 Å². The van der Waals surface area contributed by atoms with Crippen LogP contribution in [0.5, 0.6) is 0 Å². The number of hydrogen-bond donors (Lipinski definition) is 9. The van der Waals surface area contributed by atoms with Gasteiger partial charge in [0.05, 0.1) is 24.2 Å². The zero-order chi connectivity index (χ0) is 93.1. The number of ketones is 4. The number of aromatic nitrogens is 8. The predicted octanol–water partition coefficient (Wildman–Crippen LogP) is 10.4. The molecule has 0 bridgehead atoms. The number of anilines is 4. The number of nitrogens with zero attached hydrogens (tertiary/aromatic N) is 11. The third kappa shape index (κ3) is 31.3. The van der Waals surface area contributed by atoms with E-state index in [4.69, 9.17) is 15.0 Å². The lowest BCUT2D eigenvalue weighted by molar-refractivity contribution is -0.139. The van der Waals surface area contributed by atoms with Gasteiger partial charge in [0.15, 0.2) is 0 Å². The molecule has 0 radical (unpaired) electrons. The number of rotatable bonds is 35. The number of carbonyl (C=O) groups is 12. The first-order valence-corrected chi connectivity index (χ1v) is 46.7. The van der Waals surface area contributed by atoms with Gasteiger partial charge in [0.1, 0.15) is 72.1 Å². The van der Waals surface area contributed by atoms with E-state index in [0.29, 0.717) is 51.1 Å². The first-order valence-electron chi connectivity index (χ1n) is 46.7. The maximum Gasteiger partial charge on any atom is 0.232 e. The van der Waals surface area contributed by atoms with Crippen LogP contribution < -0.4 is 47.9 Å².